The number of benzene rings is 2. The van der Waals surface area contributed by atoms with Gasteiger partial charge in [0, 0.05) is 0 Å². The van der Waals surface area contributed by atoms with Crippen molar-refractivity contribution < 1.29 is 31.9 Å². The summed E-state index contributed by atoms with van der Waals surface area (Å²) in [4.78, 5) is 25.6. The van der Waals surface area contributed by atoms with E-state index in [0.717, 1.165) is 16.8 Å². The van der Waals surface area contributed by atoms with Crippen LogP contribution < -0.4 is 0 Å². The molecule has 1 aromatic heterocycles. The zero-order valence-corrected chi connectivity index (χ0v) is 19.8. The average molecular weight is 509 g/mol. The van der Waals surface area contributed by atoms with Crippen LogP contribution in [0.3, 0.4) is 0 Å². The normalized spacial score (nSPS) is 17.8. The van der Waals surface area contributed by atoms with Crippen molar-refractivity contribution in [3.8, 4) is 0 Å². The maximum absolute atomic E-state index is 15.0. The summed E-state index contributed by atoms with van der Waals surface area (Å²) in [6.45, 7) is 3.65. The van der Waals surface area contributed by atoms with E-state index in [1.54, 1.807) is 6.08 Å². The molecule has 0 fully saturated rings. The van der Waals surface area contributed by atoms with E-state index < -0.39 is 45.4 Å². The Balaban J connectivity index is 1.91. The molecule has 0 bridgehead atoms. The van der Waals surface area contributed by atoms with Crippen LogP contribution in [0.5, 0.6) is 0 Å². The van der Waals surface area contributed by atoms with E-state index in [2.05, 4.69) is 5.10 Å². The Morgan fingerprint density at radius 3 is 2.49 bits per heavy atom. The summed E-state index contributed by atoms with van der Waals surface area (Å²) in [7, 11) is 1.30. The van der Waals surface area contributed by atoms with Crippen molar-refractivity contribution in [3.63, 3.8) is 0 Å². The maximum atomic E-state index is 15.0. The minimum absolute atomic E-state index is 0.0000281. The lowest BCUT2D eigenvalue weighted by Crippen LogP contribution is -2.33. The lowest BCUT2D eigenvalue weighted by molar-refractivity contribution is -0.149. The summed E-state index contributed by atoms with van der Waals surface area (Å²) in [6, 6.07) is 6.97. The Labute approximate surface area is 203 Å². The molecule has 4 rings (SSSR count). The van der Waals surface area contributed by atoms with Crippen LogP contribution in [0.1, 0.15) is 48.3 Å². The van der Waals surface area contributed by atoms with E-state index in [4.69, 9.17) is 16.3 Å². The van der Waals surface area contributed by atoms with Crippen LogP contribution in [-0.2, 0) is 15.7 Å². The molecule has 1 aliphatic rings. The Morgan fingerprint density at radius 2 is 1.86 bits per heavy atom. The first-order chi connectivity index (χ1) is 16.4. The molecule has 1 unspecified atom stereocenters. The van der Waals surface area contributed by atoms with Crippen molar-refractivity contribution in [1.82, 2.24) is 9.78 Å². The van der Waals surface area contributed by atoms with Crippen molar-refractivity contribution in [2.24, 2.45) is 11.3 Å². The van der Waals surface area contributed by atoms with E-state index in [-0.39, 0.29) is 22.6 Å². The molecule has 10 heteroatoms. The molecule has 1 heterocycles. The van der Waals surface area contributed by atoms with Gasteiger partial charge in [-0.2, -0.15) is 23.0 Å². The highest BCUT2D eigenvalue weighted by molar-refractivity contribution is 6.34. The number of rotatable bonds is 3. The minimum atomic E-state index is -4.84. The molecular weight excluding hydrogens is 488 g/mol. The van der Waals surface area contributed by atoms with E-state index >= 15 is 4.39 Å². The number of aromatic nitrogens is 2. The highest BCUT2D eigenvalue weighted by Gasteiger charge is 2.40. The second kappa shape index (κ2) is 8.78. The molecule has 0 spiro atoms. The number of esters is 1. The number of alkyl halides is 3. The number of nitrogens with zero attached hydrogens (tertiary/aromatic N) is 2. The predicted octanol–water partition coefficient (Wildman–Crippen LogP) is 6.53. The summed E-state index contributed by atoms with van der Waals surface area (Å²) >= 11 is 6.02. The second-order valence-corrected chi connectivity index (χ2v) is 9.37. The molecular formula is C25H21ClF4N2O3. The van der Waals surface area contributed by atoms with Gasteiger partial charge in [-0.25, -0.2) is 4.39 Å². The zero-order valence-electron chi connectivity index (χ0n) is 19.0. The van der Waals surface area contributed by atoms with E-state index in [1.807, 2.05) is 13.8 Å². The van der Waals surface area contributed by atoms with Crippen molar-refractivity contribution in [2.45, 2.75) is 32.9 Å². The molecule has 1 aliphatic carbocycles. The topological polar surface area (TPSA) is 61.2 Å². The van der Waals surface area contributed by atoms with Gasteiger partial charge in [0.15, 0.2) is 0 Å². The number of halogens is 5. The van der Waals surface area contributed by atoms with Crippen LogP contribution in [0.2, 0.25) is 5.02 Å². The van der Waals surface area contributed by atoms with Crippen molar-refractivity contribution in [1.29, 1.82) is 0 Å². The van der Waals surface area contributed by atoms with Gasteiger partial charge >= 0.3 is 12.1 Å². The molecule has 1 atom stereocenters. The smallest absolute Gasteiger partial charge is 0.417 e. The van der Waals surface area contributed by atoms with Gasteiger partial charge < -0.3 is 4.74 Å². The van der Waals surface area contributed by atoms with Gasteiger partial charge in [0.2, 0.25) is 0 Å². The van der Waals surface area contributed by atoms with Crippen LogP contribution in [0.25, 0.3) is 16.5 Å². The van der Waals surface area contributed by atoms with Crippen LogP contribution in [0.15, 0.2) is 42.5 Å². The lowest BCUT2D eigenvalue weighted by Gasteiger charge is -2.34. The third kappa shape index (κ3) is 4.33. The molecule has 0 saturated carbocycles. The third-order valence-corrected chi connectivity index (χ3v) is 6.63. The van der Waals surface area contributed by atoms with Crippen molar-refractivity contribution in [3.05, 3.63) is 70.1 Å². The van der Waals surface area contributed by atoms with Crippen LogP contribution in [0.4, 0.5) is 17.6 Å². The fourth-order valence-electron chi connectivity index (χ4n) is 4.64. The summed E-state index contributed by atoms with van der Waals surface area (Å²) in [5.74, 6) is -2.62. The number of allylic oxidation sites excluding steroid dienone is 2. The molecule has 3 aromatic rings. The van der Waals surface area contributed by atoms with Gasteiger partial charge in [-0.15, -0.1) is 0 Å². The molecule has 0 N–H and O–H groups in total. The number of ether oxygens (including phenoxy) is 1. The fraction of sp³-hybridized carbons (Fsp3) is 0.320. The molecule has 0 radical (unpaired) electrons. The molecule has 0 amide bonds. The van der Waals surface area contributed by atoms with Gasteiger partial charge in [0.25, 0.3) is 5.91 Å². The molecule has 5 nitrogen and oxygen atoms in total. The van der Waals surface area contributed by atoms with E-state index in [0.29, 0.717) is 18.4 Å². The molecule has 0 aliphatic heterocycles. The quantitative estimate of drug-likeness (QED) is 0.298. The number of carbonyl (C=O) groups excluding carboxylic acids is 2. The SMILES string of the molecule is COC(=O)C1CCC(c2nn(C(=O)c3c(Cl)cccc3C(F)(F)F)c3cccc(F)c23)=CC1(C)C. The number of fused-ring (bicyclic) bond motifs is 1. The highest BCUT2D eigenvalue weighted by atomic mass is 35.5. The molecule has 2 aromatic carbocycles. The third-order valence-electron chi connectivity index (χ3n) is 6.32. The summed E-state index contributed by atoms with van der Waals surface area (Å²) in [6.07, 6.45) is -2.34. The number of hydrogen-bond acceptors (Lipinski definition) is 4. The fourth-order valence-corrected chi connectivity index (χ4v) is 4.89. The zero-order chi connectivity index (χ0) is 25.7. The largest absolute Gasteiger partial charge is 0.469 e. The van der Waals surface area contributed by atoms with Gasteiger partial charge in [0.1, 0.15) is 5.82 Å². The standard InChI is InChI=1S/C25H21ClF4N2O3/c1-24(2)12-13(10-11-15(24)23(34)35-3)21-20-17(27)8-5-9-18(20)32(31-21)22(33)19-14(25(28,29)30)6-4-7-16(19)26/h4-9,12,15H,10-11H2,1-3H3. The Morgan fingerprint density at radius 1 is 1.17 bits per heavy atom. The molecule has 0 saturated heterocycles. The van der Waals surface area contributed by atoms with Crippen LogP contribution in [0, 0.1) is 17.2 Å². The van der Waals surface area contributed by atoms with Gasteiger partial charge in [-0.1, -0.05) is 43.7 Å². The van der Waals surface area contributed by atoms with Crippen molar-refractivity contribution >= 4 is 40.0 Å². The van der Waals surface area contributed by atoms with Gasteiger partial charge in [-0.05, 0) is 48.1 Å². The average Bonchev–Trinajstić information content (AvgIpc) is 3.18. The lowest BCUT2D eigenvalue weighted by atomic mass is 9.70. The Kier molecular flexibility index (Phi) is 6.25. The second-order valence-electron chi connectivity index (χ2n) is 8.97. The minimum Gasteiger partial charge on any atom is -0.469 e. The predicted molar refractivity (Wildman–Crippen MR) is 122 cm³/mol. The number of carbonyl (C=O) groups is 2. The van der Waals surface area contributed by atoms with Crippen LogP contribution >= 0.6 is 11.6 Å². The van der Waals surface area contributed by atoms with Gasteiger partial charge in [-0.3, -0.25) is 9.59 Å². The summed E-state index contributed by atoms with van der Waals surface area (Å²) in [5, 5.41) is 3.89. The molecule has 35 heavy (non-hydrogen) atoms. The van der Waals surface area contributed by atoms with Crippen LogP contribution in [-0.4, -0.2) is 28.8 Å². The molecule has 184 valence electrons. The van der Waals surface area contributed by atoms with Crippen molar-refractivity contribution in [2.75, 3.05) is 7.11 Å². The van der Waals surface area contributed by atoms with E-state index in [9.17, 15) is 22.8 Å². The number of methoxy groups -OCH3 is 1. The summed E-state index contributed by atoms with van der Waals surface area (Å²) in [5.41, 5.74) is -1.94. The summed E-state index contributed by atoms with van der Waals surface area (Å²) < 4.78 is 61.6. The van der Waals surface area contributed by atoms with E-state index in [1.165, 1.54) is 31.4 Å². The first-order valence-corrected chi connectivity index (χ1v) is 11.1. The highest BCUT2D eigenvalue weighted by Crippen LogP contribution is 2.44. The Hall–Kier alpha value is -3.20. The van der Waals surface area contributed by atoms with Gasteiger partial charge in [0.05, 0.1) is 45.8 Å². The first kappa shape index (κ1) is 24.9. The number of hydrogen-bond donors (Lipinski definition) is 0. The maximum Gasteiger partial charge on any atom is 0.417 e. The first-order valence-electron chi connectivity index (χ1n) is 10.7. The Bertz CT molecular complexity index is 1380. The monoisotopic (exact) mass is 508 g/mol.